The second kappa shape index (κ2) is 9.16. The summed E-state index contributed by atoms with van der Waals surface area (Å²) in [6.07, 6.45) is 3.66. The number of halogens is 1. The Hall–Kier alpha value is -1.45. The highest BCUT2D eigenvalue weighted by molar-refractivity contribution is 14.1. The SMILES string of the molecule is CCc1cn([C@H]2CC[C@@H](C(O)CC(I)Cc3ccccc3)O2)c(=O)[nH]c1=O. The number of hydrogen-bond acceptors (Lipinski definition) is 4. The lowest BCUT2D eigenvalue weighted by molar-refractivity contribution is -0.0625. The van der Waals surface area contributed by atoms with Crippen LogP contribution in [0, 0.1) is 0 Å². The van der Waals surface area contributed by atoms with E-state index < -0.39 is 18.0 Å². The van der Waals surface area contributed by atoms with E-state index in [9.17, 15) is 14.7 Å². The van der Waals surface area contributed by atoms with Crippen LogP contribution in [-0.2, 0) is 17.6 Å². The van der Waals surface area contributed by atoms with Gasteiger partial charge in [-0.05, 0) is 37.7 Å². The topological polar surface area (TPSA) is 84.3 Å². The molecule has 27 heavy (non-hydrogen) atoms. The molecule has 1 aliphatic rings. The minimum Gasteiger partial charge on any atom is -0.390 e. The third-order valence-electron chi connectivity index (χ3n) is 4.99. The predicted molar refractivity (Wildman–Crippen MR) is 112 cm³/mol. The molecule has 0 spiro atoms. The molecule has 0 aliphatic carbocycles. The normalized spacial score (nSPS) is 21.9. The van der Waals surface area contributed by atoms with Gasteiger partial charge in [0.2, 0.25) is 0 Å². The first-order chi connectivity index (χ1) is 13.0. The van der Waals surface area contributed by atoms with Crippen LogP contribution in [0.3, 0.4) is 0 Å². The summed E-state index contributed by atoms with van der Waals surface area (Å²) in [6.45, 7) is 1.87. The Bertz CT molecular complexity index is 864. The molecule has 1 saturated heterocycles. The molecule has 1 aromatic carbocycles. The second-order valence-electron chi connectivity index (χ2n) is 6.97. The summed E-state index contributed by atoms with van der Waals surface area (Å²) in [7, 11) is 0. The van der Waals surface area contributed by atoms with Crippen molar-refractivity contribution in [2.45, 2.75) is 61.4 Å². The van der Waals surface area contributed by atoms with Crippen molar-refractivity contribution in [2.24, 2.45) is 0 Å². The minimum atomic E-state index is -0.579. The van der Waals surface area contributed by atoms with Gasteiger partial charge < -0.3 is 9.84 Å². The lowest BCUT2D eigenvalue weighted by atomic mass is 10.0. The Morgan fingerprint density at radius 1 is 1.30 bits per heavy atom. The summed E-state index contributed by atoms with van der Waals surface area (Å²) in [5.41, 5.74) is 0.994. The van der Waals surface area contributed by atoms with Crippen molar-refractivity contribution in [2.75, 3.05) is 0 Å². The second-order valence-corrected chi connectivity index (χ2v) is 8.73. The number of rotatable bonds is 7. The summed E-state index contributed by atoms with van der Waals surface area (Å²) in [5.74, 6) is 0. The maximum atomic E-state index is 12.1. The Balaban J connectivity index is 1.60. The molecule has 3 rings (SSSR count). The van der Waals surface area contributed by atoms with E-state index in [0.29, 0.717) is 35.2 Å². The van der Waals surface area contributed by atoms with E-state index in [0.717, 1.165) is 6.42 Å². The lowest BCUT2D eigenvalue weighted by Crippen LogP contribution is -2.35. The number of aryl methyl sites for hydroxylation is 1. The minimum absolute atomic E-state index is 0.296. The third kappa shape index (κ3) is 5.08. The molecule has 1 fully saturated rings. The number of benzene rings is 1. The first-order valence-corrected chi connectivity index (χ1v) is 10.6. The van der Waals surface area contributed by atoms with Crippen molar-refractivity contribution >= 4 is 22.6 Å². The van der Waals surface area contributed by atoms with Crippen molar-refractivity contribution in [3.63, 3.8) is 0 Å². The van der Waals surface area contributed by atoms with E-state index in [-0.39, 0.29) is 11.7 Å². The van der Waals surface area contributed by atoms with E-state index in [1.54, 1.807) is 6.20 Å². The van der Waals surface area contributed by atoms with Crippen molar-refractivity contribution in [3.05, 3.63) is 68.5 Å². The lowest BCUT2D eigenvalue weighted by Gasteiger charge is -2.22. The van der Waals surface area contributed by atoms with Crippen LogP contribution in [0.1, 0.15) is 43.5 Å². The van der Waals surface area contributed by atoms with Crippen LogP contribution in [-0.4, -0.2) is 30.8 Å². The molecule has 0 saturated carbocycles. The van der Waals surface area contributed by atoms with E-state index in [1.807, 2.05) is 25.1 Å². The van der Waals surface area contributed by atoms with Gasteiger partial charge in [-0.15, -0.1) is 0 Å². The van der Waals surface area contributed by atoms with Crippen LogP contribution < -0.4 is 11.2 Å². The summed E-state index contributed by atoms with van der Waals surface area (Å²) in [6, 6.07) is 10.2. The fourth-order valence-corrected chi connectivity index (χ4v) is 4.52. The average molecular weight is 484 g/mol. The fraction of sp³-hybridized carbons (Fsp3) is 0.500. The number of aromatic nitrogens is 2. The summed E-state index contributed by atoms with van der Waals surface area (Å²) in [4.78, 5) is 26.2. The Kier molecular flexibility index (Phi) is 6.88. The monoisotopic (exact) mass is 484 g/mol. The van der Waals surface area contributed by atoms with E-state index in [2.05, 4.69) is 39.7 Å². The molecule has 1 aromatic heterocycles. The van der Waals surface area contributed by atoms with Crippen molar-refractivity contribution < 1.29 is 9.84 Å². The number of aliphatic hydroxyl groups is 1. The highest BCUT2D eigenvalue weighted by Crippen LogP contribution is 2.31. The zero-order chi connectivity index (χ0) is 19.4. The van der Waals surface area contributed by atoms with Crippen molar-refractivity contribution in [1.82, 2.24) is 9.55 Å². The van der Waals surface area contributed by atoms with Gasteiger partial charge in [0.15, 0.2) is 0 Å². The average Bonchev–Trinajstić information content (AvgIpc) is 3.12. The van der Waals surface area contributed by atoms with Gasteiger partial charge in [0.25, 0.3) is 5.56 Å². The molecule has 2 aromatic rings. The standard InChI is InChI=1S/C20H25IN2O4/c1-2-14-12-23(20(26)22-19(14)25)18-9-8-17(27-18)16(24)11-15(21)10-13-6-4-3-5-7-13/h3-7,12,15-18,24H,2,8-11H2,1H3,(H,22,25,26)/t15?,16?,17-,18+/m0/s1. The number of aliphatic hydroxyl groups excluding tert-OH is 1. The Labute approximate surface area is 171 Å². The first-order valence-electron chi connectivity index (χ1n) is 9.33. The van der Waals surface area contributed by atoms with Crippen LogP contribution in [0.25, 0.3) is 0 Å². The number of nitrogens with zero attached hydrogens (tertiary/aromatic N) is 1. The Morgan fingerprint density at radius 3 is 2.74 bits per heavy atom. The van der Waals surface area contributed by atoms with E-state index in [4.69, 9.17) is 4.74 Å². The zero-order valence-corrected chi connectivity index (χ0v) is 17.5. The van der Waals surface area contributed by atoms with Crippen molar-refractivity contribution in [3.8, 4) is 0 Å². The maximum absolute atomic E-state index is 12.1. The van der Waals surface area contributed by atoms with Gasteiger partial charge in [0.1, 0.15) is 6.23 Å². The zero-order valence-electron chi connectivity index (χ0n) is 15.3. The van der Waals surface area contributed by atoms with Gasteiger partial charge in [0, 0.05) is 15.7 Å². The quantitative estimate of drug-likeness (QED) is 0.468. The molecule has 6 nitrogen and oxygen atoms in total. The number of ether oxygens (including phenoxy) is 1. The van der Waals surface area contributed by atoms with Gasteiger partial charge in [-0.25, -0.2) is 4.79 Å². The van der Waals surface area contributed by atoms with Crippen LogP contribution in [0.2, 0.25) is 0 Å². The molecule has 4 atom stereocenters. The molecule has 0 amide bonds. The number of nitrogens with one attached hydrogen (secondary N) is 1. The largest absolute Gasteiger partial charge is 0.390 e. The molecule has 2 unspecified atom stereocenters. The van der Waals surface area contributed by atoms with Gasteiger partial charge >= 0.3 is 5.69 Å². The van der Waals surface area contributed by atoms with Crippen LogP contribution >= 0.6 is 22.6 Å². The van der Waals surface area contributed by atoms with Gasteiger partial charge in [-0.1, -0.05) is 59.8 Å². The summed E-state index contributed by atoms with van der Waals surface area (Å²) >= 11 is 2.37. The molecule has 7 heteroatoms. The Morgan fingerprint density at radius 2 is 2.04 bits per heavy atom. The smallest absolute Gasteiger partial charge is 0.330 e. The van der Waals surface area contributed by atoms with Crippen LogP contribution in [0.5, 0.6) is 0 Å². The number of H-pyrrole nitrogens is 1. The molecule has 0 bridgehead atoms. The molecule has 2 heterocycles. The first kappa shape index (κ1) is 20.3. The number of aromatic amines is 1. The third-order valence-corrected chi connectivity index (χ3v) is 5.94. The summed E-state index contributed by atoms with van der Waals surface area (Å²) in [5, 5.41) is 10.6. The highest BCUT2D eigenvalue weighted by Gasteiger charge is 2.33. The molecular weight excluding hydrogens is 459 g/mol. The van der Waals surface area contributed by atoms with Gasteiger partial charge in [-0.2, -0.15) is 0 Å². The van der Waals surface area contributed by atoms with Crippen LogP contribution in [0.4, 0.5) is 0 Å². The van der Waals surface area contributed by atoms with Gasteiger partial charge in [0.05, 0.1) is 12.2 Å². The highest BCUT2D eigenvalue weighted by atomic mass is 127. The van der Waals surface area contributed by atoms with E-state index in [1.165, 1.54) is 10.1 Å². The number of hydrogen-bond donors (Lipinski definition) is 2. The van der Waals surface area contributed by atoms with Crippen molar-refractivity contribution in [1.29, 1.82) is 0 Å². The maximum Gasteiger partial charge on any atom is 0.330 e. The van der Waals surface area contributed by atoms with Gasteiger partial charge in [-0.3, -0.25) is 14.3 Å². The van der Waals surface area contributed by atoms with E-state index >= 15 is 0 Å². The molecule has 146 valence electrons. The molecule has 2 N–H and O–H groups in total. The van der Waals surface area contributed by atoms with Crippen LogP contribution in [0.15, 0.2) is 46.1 Å². The summed E-state index contributed by atoms with van der Waals surface area (Å²) < 4.78 is 7.71. The fourth-order valence-electron chi connectivity index (χ4n) is 3.49. The molecule has 1 aliphatic heterocycles. The number of alkyl halides is 1. The molecule has 0 radical (unpaired) electrons. The molecular formula is C20H25IN2O4. The predicted octanol–water partition coefficient (Wildman–Crippen LogP) is 2.57.